The van der Waals surface area contributed by atoms with Crippen LogP contribution in [0.15, 0.2) is 58.3 Å². The first kappa shape index (κ1) is 13.7. The maximum Gasteiger partial charge on any atom is 0.100 e. The molecule has 19 heavy (non-hydrogen) atoms. The summed E-state index contributed by atoms with van der Waals surface area (Å²) in [6.07, 6.45) is 0. The van der Waals surface area contributed by atoms with Crippen molar-refractivity contribution in [3.63, 3.8) is 0 Å². The summed E-state index contributed by atoms with van der Waals surface area (Å²) < 4.78 is 0. The Morgan fingerprint density at radius 3 is 2.32 bits per heavy atom. The first-order valence-electron chi connectivity index (χ1n) is 6.10. The molecule has 2 aromatic rings. The fourth-order valence-electron chi connectivity index (χ4n) is 1.84. The predicted molar refractivity (Wildman–Crippen MR) is 79.1 cm³/mol. The molecule has 0 aromatic heterocycles. The fraction of sp³-hybridized carbons (Fsp3) is 0.188. The van der Waals surface area contributed by atoms with Gasteiger partial charge in [-0.3, -0.25) is 0 Å². The highest BCUT2D eigenvalue weighted by atomic mass is 32.2. The van der Waals surface area contributed by atoms with Gasteiger partial charge in [0.25, 0.3) is 0 Å². The summed E-state index contributed by atoms with van der Waals surface area (Å²) in [5.74, 6) is 0. The first-order valence-corrected chi connectivity index (χ1v) is 6.92. The molecule has 0 spiro atoms. The second-order valence-corrected chi connectivity index (χ2v) is 5.64. The second kappa shape index (κ2) is 6.42. The van der Waals surface area contributed by atoms with Crippen molar-refractivity contribution >= 4 is 11.8 Å². The van der Waals surface area contributed by atoms with E-state index in [4.69, 9.17) is 5.26 Å². The van der Waals surface area contributed by atoms with Crippen molar-refractivity contribution in [2.45, 2.75) is 16.3 Å². The molecule has 2 rings (SSSR count). The molecule has 96 valence electrons. The molecule has 2 nitrogen and oxygen atoms in total. The van der Waals surface area contributed by atoms with E-state index in [2.05, 4.69) is 43.3 Å². The normalized spacial score (nSPS) is 10.4. The summed E-state index contributed by atoms with van der Waals surface area (Å²) in [6.45, 7) is 0.901. The molecule has 0 saturated heterocycles. The van der Waals surface area contributed by atoms with Gasteiger partial charge in [0, 0.05) is 16.3 Å². The van der Waals surface area contributed by atoms with Gasteiger partial charge in [-0.1, -0.05) is 42.1 Å². The van der Waals surface area contributed by atoms with Crippen LogP contribution in [0, 0.1) is 11.3 Å². The van der Waals surface area contributed by atoms with E-state index >= 15 is 0 Å². The van der Waals surface area contributed by atoms with E-state index in [9.17, 15) is 0 Å². The van der Waals surface area contributed by atoms with E-state index in [1.165, 1.54) is 10.5 Å². The number of nitriles is 1. The third-order valence-electron chi connectivity index (χ3n) is 2.69. The highest BCUT2D eigenvalue weighted by molar-refractivity contribution is 7.99. The topological polar surface area (TPSA) is 27.0 Å². The van der Waals surface area contributed by atoms with Crippen LogP contribution in [0.5, 0.6) is 0 Å². The van der Waals surface area contributed by atoms with E-state index in [1.807, 2.05) is 30.3 Å². The molecule has 3 heteroatoms. The lowest BCUT2D eigenvalue weighted by Crippen LogP contribution is -2.11. The van der Waals surface area contributed by atoms with E-state index in [0.29, 0.717) is 0 Å². The van der Waals surface area contributed by atoms with Crippen molar-refractivity contribution in [3.8, 4) is 6.07 Å². The summed E-state index contributed by atoms with van der Waals surface area (Å²) in [5.41, 5.74) is 2.01. The van der Waals surface area contributed by atoms with Gasteiger partial charge in [-0.05, 0) is 37.9 Å². The highest BCUT2D eigenvalue weighted by Gasteiger charge is 2.07. The van der Waals surface area contributed by atoms with Gasteiger partial charge in [0.1, 0.15) is 6.07 Å². The van der Waals surface area contributed by atoms with Crippen LogP contribution in [-0.4, -0.2) is 19.0 Å². The molecule has 0 fully saturated rings. The average Bonchev–Trinajstić information content (AvgIpc) is 2.41. The van der Waals surface area contributed by atoms with E-state index < -0.39 is 0 Å². The van der Waals surface area contributed by atoms with Crippen LogP contribution < -0.4 is 0 Å². The molecular weight excluding hydrogens is 252 g/mol. The SMILES string of the molecule is CN(C)Cc1ccccc1Sc1ccccc1C#N. The summed E-state index contributed by atoms with van der Waals surface area (Å²) in [4.78, 5) is 4.37. The van der Waals surface area contributed by atoms with Crippen molar-refractivity contribution in [1.29, 1.82) is 5.26 Å². The third-order valence-corrected chi connectivity index (χ3v) is 3.88. The average molecular weight is 268 g/mol. The van der Waals surface area contributed by atoms with Gasteiger partial charge in [0.05, 0.1) is 5.56 Å². The van der Waals surface area contributed by atoms with Gasteiger partial charge in [0.15, 0.2) is 0 Å². The minimum atomic E-state index is 0.729. The fourth-order valence-corrected chi connectivity index (χ4v) is 2.86. The van der Waals surface area contributed by atoms with Gasteiger partial charge in [-0.25, -0.2) is 0 Å². The minimum Gasteiger partial charge on any atom is -0.305 e. The Balaban J connectivity index is 2.31. The van der Waals surface area contributed by atoms with Crippen LogP contribution in [0.4, 0.5) is 0 Å². The molecule has 0 N–H and O–H groups in total. The highest BCUT2D eigenvalue weighted by Crippen LogP contribution is 2.32. The van der Waals surface area contributed by atoms with Crippen LogP contribution >= 0.6 is 11.8 Å². The largest absolute Gasteiger partial charge is 0.305 e. The lowest BCUT2D eigenvalue weighted by molar-refractivity contribution is 0.399. The van der Waals surface area contributed by atoms with Crippen LogP contribution in [0.25, 0.3) is 0 Å². The van der Waals surface area contributed by atoms with Crippen molar-refractivity contribution in [2.75, 3.05) is 14.1 Å². The molecule has 0 aliphatic rings. The summed E-state index contributed by atoms with van der Waals surface area (Å²) in [7, 11) is 4.12. The lowest BCUT2D eigenvalue weighted by atomic mass is 10.2. The van der Waals surface area contributed by atoms with Crippen LogP contribution in [-0.2, 0) is 6.54 Å². The quantitative estimate of drug-likeness (QED) is 0.844. The minimum absolute atomic E-state index is 0.729. The summed E-state index contributed by atoms with van der Waals surface area (Å²) in [5, 5.41) is 9.14. The number of hydrogen-bond donors (Lipinski definition) is 0. The zero-order valence-electron chi connectivity index (χ0n) is 11.1. The molecule has 0 amide bonds. The molecule has 0 aliphatic heterocycles. The Bertz CT molecular complexity index is 600. The Labute approximate surface area is 118 Å². The predicted octanol–water partition coefficient (Wildman–Crippen LogP) is 3.77. The first-order chi connectivity index (χ1) is 9.20. The molecular formula is C16H16N2S. The number of hydrogen-bond acceptors (Lipinski definition) is 3. The van der Waals surface area contributed by atoms with Crippen LogP contribution in [0.2, 0.25) is 0 Å². The standard InChI is InChI=1S/C16H16N2S/c1-18(2)12-14-8-4-6-10-16(14)19-15-9-5-3-7-13(15)11-17/h3-10H,12H2,1-2H3. The zero-order valence-corrected chi connectivity index (χ0v) is 11.9. The van der Waals surface area contributed by atoms with Crippen LogP contribution in [0.3, 0.4) is 0 Å². The van der Waals surface area contributed by atoms with Crippen molar-refractivity contribution in [3.05, 3.63) is 59.7 Å². The van der Waals surface area contributed by atoms with Gasteiger partial charge in [-0.2, -0.15) is 5.26 Å². The molecule has 0 atom stereocenters. The Hall–Kier alpha value is -1.76. The Morgan fingerprint density at radius 1 is 1.00 bits per heavy atom. The molecule has 0 aliphatic carbocycles. The van der Waals surface area contributed by atoms with Crippen molar-refractivity contribution in [1.82, 2.24) is 4.90 Å². The smallest absolute Gasteiger partial charge is 0.100 e. The van der Waals surface area contributed by atoms with E-state index in [0.717, 1.165) is 17.0 Å². The van der Waals surface area contributed by atoms with Crippen LogP contribution in [0.1, 0.15) is 11.1 Å². The number of rotatable bonds is 4. The molecule has 0 heterocycles. The maximum atomic E-state index is 9.14. The Kier molecular flexibility index (Phi) is 4.62. The molecule has 0 unspecified atom stereocenters. The second-order valence-electron chi connectivity index (χ2n) is 4.56. The van der Waals surface area contributed by atoms with E-state index in [1.54, 1.807) is 11.8 Å². The monoisotopic (exact) mass is 268 g/mol. The molecule has 0 radical (unpaired) electrons. The molecule has 0 bridgehead atoms. The summed E-state index contributed by atoms with van der Waals surface area (Å²) >= 11 is 1.66. The molecule has 2 aromatic carbocycles. The third kappa shape index (κ3) is 3.60. The lowest BCUT2D eigenvalue weighted by Gasteiger charge is -2.14. The zero-order chi connectivity index (χ0) is 13.7. The van der Waals surface area contributed by atoms with Gasteiger partial charge >= 0.3 is 0 Å². The summed E-state index contributed by atoms with van der Waals surface area (Å²) in [6, 6.07) is 18.3. The van der Waals surface area contributed by atoms with Gasteiger partial charge < -0.3 is 4.90 Å². The Morgan fingerprint density at radius 2 is 1.63 bits per heavy atom. The van der Waals surface area contributed by atoms with Crippen molar-refractivity contribution < 1.29 is 0 Å². The maximum absolute atomic E-state index is 9.14. The van der Waals surface area contributed by atoms with Gasteiger partial charge in [-0.15, -0.1) is 0 Å². The van der Waals surface area contributed by atoms with E-state index in [-0.39, 0.29) is 0 Å². The van der Waals surface area contributed by atoms with Gasteiger partial charge in [0.2, 0.25) is 0 Å². The molecule has 0 saturated carbocycles. The number of nitrogens with zero attached hydrogens (tertiary/aromatic N) is 2. The number of benzene rings is 2. The van der Waals surface area contributed by atoms with Crippen molar-refractivity contribution in [2.24, 2.45) is 0 Å².